The molecule has 0 aliphatic carbocycles. The number of nitrogens with zero attached hydrogens (tertiary/aromatic N) is 2. The molecular formula is C22H18N2O3. The molecule has 1 amide bonds. The van der Waals surface area contributed by atoms with Crippen LogP contribution in [0.25, 0.3) is 22.6 Å². The fraction of sp³-hybridized carbons (Fsp3) is 0.0909. The molecule has 0 N–H and O–H groups in total. The van der Waals surface area contributed by atoms with Gasteiger partial charge >= 0.3 is 0 Å². The van der Waals surface area contributed by atoms with Gasteiger partial charge in [-0.05, 0) is 24.3 Å². The molecule has 2 heterocycles. The Bertz CT molecular complexity index is 1040. The van der Waals surface area contributed by atoms with Crippen molar-refractivity contribution in [3.05, 3.63) is 90.4 Å². The van der Waals surface area contributed by atoms with Crippen LogP contribution in [0.2, 0.25) is 0 Å². The summed E-state index contributed by atoms with van der Waals surface area (Å²) in [6.07, 6.45) is 1.62. The average Bonchev–Trinajstić information content (AvgIpc) is 3.40. The van der Waals surface area contributed by atoms with E-state index in [2.05, 4.69) is 5.16 Å². The Balaban J connectivity index is 1.49. The van der Waals surface area contributed by atoms with Gasteiger partial charge in [0.1, 0.15) is 11.5 Å². The molecule has 0 saturated carbocycles. The van der Waals surface area contributed by atoms with Gasteiger partial charge in [-0.1, -0.05) is 47.6 Å². The molecule has 2 aromatic heterocycles. The van der Waals surface area contributed by atoms with Crippen molar-refractivity contribution in [1.29, 1.82) is 0 Å². The van der Waals surface area contributed by atoms with Crippen molar-refractivity contribution in [2.24, 2.45) is 0 Å². The maximum absolute atomic E-state index is 12.8. The van der Waals surface area contributed by atoms with Gasteiger partial charge in [-0.15, -0.1) is 0 Å². The Morgan fingerprint density at radius 1 is 0.963 bits per heavy atom. The molecule has 0 aliphatic rings. The van der Waals surface area contributed by atoms with Crippen LogP contribution in [0.1, 0.15) is 16.1 Å². The normalized spacial score (nSPS) is 10.7. The number of hydrogen-bond acceptors (Lipinski definition) is 4. The van der Waals surface area contributed by atoms with Crippen LogP contribution >= 0.6 is 0 Å². The highest BCUT2D eigenvalue weighted by molar-refractivity contribution is 5.95. The first kappa shape index (κ1) is 16.8. The molecule has 0 bridgehead atoms. The molecule has 0 spiro atoms. The second-order valence-corrected chi connectivity index (χ2v) is 6.26. The van der Waals surface area contributed by atoms with Crippen LogP contribution in [0.5, 0.6) is 0 Å². The maximum Gasteiger partial charge on any atom is 0.254 e. The molecule has 0 aliphatic heterocycles. The molecule has 4 rings (SSSR count). The third-order valence-electron chi connectivity index (χ3n) is 4.28. The zero-order valence-electron chi connectivity index (χ0n) is 14.8. The van der Waals surface area contributed by atoms with Crippen LogP contribution in [0.15, 0.2) is 88.0 Å². The molecule has 27 heavy (non-hydrogen) atoms. The highest BCUT2D eigenvalue weighted by Crippen LogP contribution is 2.22. The topological polar surface area (TPSA) is 59.5 Å². The van der Waals surface area contributed by atoms with Gasteiger partial charge < -0.3 is 13.8 Å². The summed E-state index contributed by atoms with van der Waals surface area (Å²) in [6, 6.07) is 22.7. The number of benzene rings is 2. The molecule has 4 aromatic rings. The predicted octanol–water partition coefficient (Wildman–Crippen LogP) is 4.87. The van der Waals surface area contributed by atoms with Crippen LogP contribution in [0.3, 0.4) is 0 Å². The summed E-state index contributed by atoms with van der Waals surface area (Å²) in [6.45, 7) is 0.337. The Morgan fingerprint density at radius 3 is 2.56 bits per heavy atom. The maximum atomic E-state index is 12.8. The first-order chi connectivity index (χ1) is 13.2. The lowest BCUT2D eigenvalue weighted by atomic mass is 10.1. The second-order valence-electron chi connectivity index (χ2n) is 6.26. The zero-order valence-corrected chi connectivity index (χ0v) is 14.8. The van der Waals surface area contributed by atoms with Crippen molar-refractivity contribution in [1.82, 2.24) is 10.1 Å². The Kier molecular flexibility index (Phi) is 4.58. The highest BCUT2D eigenvalue weighted by Gasteiger charge is 2.16. The quantitative estimate of drug-likeness (QED) is 0.510. The Morgan fingerprint density at radius 2 is 1.78 bits per heavy atom. The van der Waals surface area contributed by atoms with E-state index in [0.29, 0.717) is 17.9 Å². The predicted molar refractivity (Wildman–Crippen MR) is 102 cm³/mol. The number of furan rings is 1. The minimum Gasteiger partial charge on any atom is -0.464 e. The molecule has 0 atom stereocenters. The minimum atomic E-state index is -0.0962. The van der Waals surface area contributed by atoms with E-state index in [1.165, 1.54) is 0 Å². The van der Waals surface area contributed by atoms with Crippen molar-refractivity contribution in [3.8, 4) is 22.6 Å². The second kappa shape index (κ2) is 7.33. The van der Waals surface area contributed by atoms with E-state index in [0.717, 1.165) is 22.6 Å². The molecule has 2 aromatic carbocycles. The van der Waals surface area contributed by atoms with E-state index >= 15 is 0 Å². The molecule has 0 saturated heterocycles. The van der Waals surface area contributed by atoms with E-state index in [-0.39, 0.29) is 5.91 Å². The van der Waals surface area contributed by atoms with Crippen LogP contribution in [0.4, 0.5) is 0 Å². The van der Waals surface area contributed by atoms with Crippen LogP contribution < -0.4 is 0 Å². The van der Waals surface area contributed by atoms with Crippen LogP contribution in [-0.2, 0) is 6.54 Å². The molecule has 5 heteroatoms. The number of rotatable bonds is 5. The summed E-state index contributed by atoms with van der Waals surface area (Å²) in [5, 5.41) is 4.09. The van der Waals surface area contributed by atoms with E-state index in [9.17, 15) is 4.79 Å². The van der Waals surface area contributed by atoms with Gasteiger partial charge in [0, 0.05) is 29.8 Å². The van der Waals surface area contributed by atoms with E-state index in [1.807, 2.05) is 66.7 Å². The Hall–Kier alpha value is -3.60. The van der Waals surface area contributed by atoms with Gasteiger partial charge in [0.25, 0.3) is 5.91 Å². The summed E-state index contributed by atoms with van der Waals surface area (Å²) in [5.41, 5.74) is 3.19. The fourth-order valence-corrected chi connectivity index (χ4v) is 2.91. The smallest absolute Gasteiger partial charge is 0.254 e. The van der Waals surface area contributed by atoms with Crippen molar-refractivity contribution in [3.63, 3.8) is 0 Å². The molecule has 134 valence electrons. The number of carbonyl (C=O) groups is 1. The lowest BCUT2D eigenvalue weighted by Crippen LogP contribution is -2.26. The fourth-order valence-electron chi connectivity index (χ4n) is 2.91. The van der Waals surface area contributed by atoms with Crippen molar-refractivity contribution < 1.29 is 13.7 Å². The van der Waals surface area contributed by atoms with Gasteiger partial charge in [0.05, 0.1) is 12.8 Å². The lowest BCUT2D eigenvalue weighted by Gasteiger charge is -2.15. The summed E-state index contributed by atoms with van der Waals surface area (Å²) in [5.74, 6) is 1.27. The van der Waals surface area contributed by atoms with E-state index in [1.54, 1.807) is 24.3 Å². The van der Waals surface area contributed by atoms with Crippen molar-refractivity contribution in [2.45, 2.75) is 6.54 Å². The van der Waals surface area contributed by atoms with Crippen molar-refractivity contribution >= 4 is 5.91 Å². The number of amides is 1. The number of hydrogen-bond donors (Lipinski definition) is 0. The molecule has 0 fully saturated rings. The van der Waals surface area contributed by atoms with Gasteiger partial charge in [-0.25, -0.2) is 0 Å². The SMILES string of the molecule is CN(Cc1cc(-c2ccccc2)no1)C(=O)c1cccc(-c2ccco2)c1. The van der Waals surface area contributed by atoms with Gasteiger partial charge in [0.15, 0.2) is 5.76 Å². The summed E-state index contributed by atoms with van der Waals surface area (Å²) < 4.78 is 10.8. The third-order valence-corrected chi connectivity index (χ3v) is 4.28. The summed E-state index contributed by atoms with van der Waals surface area (Å²) >= 11 is 0. The van der Waals surface area contributed by atoms with E-state index < -0.39 is 0 Å². The third kappa shape index (κ3) is 3.67. The van der Waals surface area contributed by atoms with Gasteiger partial charge in [0.2, 0.25) is 0 Å². The molecule has 0 radical (unpaired) electrons. The monoisotopic (exact) mass is 358 g/mol. The summed E-state index contributed by atoms with van der Waals surface area (Å²) in [7, 11) is 1.74. The molecular weight excluding hydrogens is 340 g/mol. The minimum absolute atomic E-state index is 0.0962. The first-order valence-electron chi connectivity index (χ1n) is 8.61. The Labute approximate surface area is 156 Å². The van der Waals surface area contributed by atoms with Gasteiger partial charge in [-0.3, -0.25) is 4.79 Å². The zero-order chi connectivity index (χ0) is 18.6. The van der Waals surface area contributed by atoms with Crippen molar-refractivity contribution in [2.75, 3.05) is 7.05 Å². The standard InChI is InChI=1S/C22H18N2O3/c1-24(15-19-14-20(23-27-19)16-7-3-2-4-8-16)22(25)18-10-5-9-17(13-18)21-11-6-12-26-21/h2-14H,15H2,1H3. The summed E-state index contributed by atoms with van der Waals surface area (Å²) in [4.78, 5) is 14.4. The van der Waals surface area contributed by atoms with Crippen LogP contribution in [0, 0.1) is 0 Å². The molecule has 5 nitrogen and oxygen atoms in total. The van der Waals surface area contributed by atoms with Gasteiger partial charge in [-0.2, -0.15) is 0 Å². The largest absolute Gasteiger partial charge is 0.464 e. The first-order valence-corrected chi connectivity index (χ1v) is 8.61. The van der Waals surface area contributed by atoms with E-state index in [4.69, 9.17) is 8.94 Å². The average molecular weight is 358 g/mol. The number of aromatic nitrogens is 1. The highest BCUT2D eigenvalue weighted by atomic mass is 16.5. The molecule has 0 unspecified atom stereocenters. The lowest BCUT2D eigenvalue weighted by molar-refractivity contribution is 0.0772. The van der Waals surface area contributed by atoms with Crippen LogP contribution in [-0.4, -0.2) is 23.0 Å². The number of carbonyl (C=O) groups excluding carboxylic acids is 1.